The summed E-state index contributed by atoms with van der Waals surface area (Å²) in [6, 6.07) is 0. The Hall–Kier alpha value is -0.920. The van der Waals surface area contributed by atoms with E-state index in [4.69, 9.17) is 5.73 Å². The molecule has 0 aliphatic carbocycles. The molecular formula is C9H16N4O2S. The first kappa shape index (κ1) is 11.6. The van der Waals surface area contributed by atoms with Crippen molar-refractivity contribution in [2.75, 3.05) is 18.8 Å². The monoisotopic (exact) mass is 244 g/mol. The third-order valence-corrected chi connectivity index (χ3v) is 4.61. The summed E-state index contributed by atoms with van der Waals surface area (Å²) in [6.07, 6.45) is 4.08. The summed E-state index contributed by atoms with van der Waals surface area (Å²) in [5.74, 6) is 0.937. The number of hydrogen-bond donors (Lipinski definition) is 1. The Kier molecular flexibility index (Phi) is 3.27. The SMILES string of the molecule is NCCCS(=O)(=O)N1CCn2ccnc2C1. The van der Waals surface area contributed by atoms with Gasteiger partial charge in [0.15, 0.2) is 0 Å². The van der Waals surface area contributed by atoms with Gasteiger partial charge in [-0.15, -0.1) is 0 Å². The molecule has 6 nitrogen and oxygen atoms in total. The molecule has 0 saturated carbocycles. The molecule has 0 unspecified atom stereocenters. The number of rotatable bonds is 4. The van der Waals surface area contributed by atoms with Crippen molar-refractivity contribution in [2.45, 2.75) is 19.5 Å². The van der Waals surface area contributed by atoms with Crippen LogP contribution in [-0.4, -0.2) is 41.1 Å². The van der Waals surface area contributed by atoms with Crippen molar-refractivity contribution in [1.82, 2.24) is 13.9 Å². The zero-order valence-electron chi connectivity index (χ0n) is 9.04. The summed E-state index contributed by atoms with van der Waals surface area (Å²) in [7, 11) is -3.17. The van der Waals surface area contributed by atoms with Gasteiger partial charge in [0.1, 0.15) is 5.82 Å². The van der Waals surface area contributed by atoms with E-state index in [-0.39, 0.29) is 5.75 Å². The summed E-state index contributed by atoms with van der Waals surface area (Å²) in [5.41, 5.74) is 5.33. The Balaban J connectivity index is 2.08. The minimum Gasteiger partial charge on any atom is -0.333 e. The molecule has 0 radical (unpaired) electrons. The maximum Gasteiger partial charge on any atom is 0.214 e. The van der Waals surface area contributed by atoms with Crippen LogP contribution in [0.5, 0.6) is 0 Å². The van der Waals surface area contributed by atoms with E-state index < -0.39 is 10.0 Å². The first-order valence-corrected chi connectivity index (χ1v) is 6.92. The molecule has 2 rings (SSSR count). The van der Waals surface area contributed by atoms with Crippen molar-refractivity contribution in [3.8, 4) is 0 Å². The molecule has 0 fully saturated rings. The van der Waals surface area contributed by atoms with Crippen LogP contribution in [0.4, 0.5) is 0 Å². The lowest BCUT2D eigenvalue weighted by Crippen LogP contribution is -2.39. The van der Waals surface area contributed by atoms with E-state index in [1.54, 1.807) is 6.20 Å². The Bertz CT molecular complexity index is 454. The highest BCUT2D eigenvalue weighted by Crippen LogP contribution is 2.14. The van der Waals surface area contributed by atoms with Crippen molar-refractivity contribution in [3.63, 3.8) is 0 Å². The normalized spacial score (nSPS) is 17.3. The first-order valence-electron chi connectivity index (χ1n) is 5.31. The molecule has 1 aliphatic heterocycles. The highest BCUT2D eigenvalue weighted by molar-refractivity contribution is 7.89. The topological polar surface area (TPSA) is 81.2 Å². The van der Waals surface area contributed by atoms with Crippen LogP contribution in [0.2, 0.25) is 0 Å². The lowest BCUT2D eigenvalue weighted by atomic mass is 10.4. The quantitative estimate of drug-likeness (QED) is 0.765. The van der Waals surface area contributed by atoms with Crippen LogP contribution < -0.4 is 5.73 Å². The Morgan fingerprint density at radius 3 is 3.00 bits per heavy atom. The molecule has 0 atom stereocenters. The van der Waals surface area contributed by atoms with E-state index in [1.807, 2.05) is 10.8 Å². The molecule has 7 heteroatoms. The van der Waals surface area contributed by atoms with Gasteiger partial charge in [0.2, 0.25) is 10.0 Å². The fourth-order valence-electron chi connectivity index (χ4n) is 1.78. The third-order valence-electron chi connectivity index (χ3n) is 2.71. The van der Waals surface area contributed by atoms with Gasteiger partial charge >= 0.3 is 0 Å². The number of imidazole rings is 1. The van der Waals surface area contributed by atoms with Crippen LogP contribution in [0, 0.1) is 0 Å². The second-order valence-electron chi connectivity index (χ2n) is 3.83. The summed E-state index contributed by atoms with van der Waals surface area (Å²) in [5, 5.41) is 0. The van der Waals surface area contributed by atoms with Crippen molar-refractivity contribution in [3.05, 3.63) is 18.2 Å². The molecule has 0 spiro atoms. The number of nitrogens with zero attached hydrogens (tertiary/aromatic N) is 3. The maximum absolute atomic E-state index is 11.9. The molecule has 0 aromatic carbocycles. The molecule has 2 heterocycles. The predicted molar refractivity (Wildman–Crippen MR) is 60.1 cm³/mol. The molecule has 1 aliphatic rings. The molecule has 90 valence electrons. The Morgan fingerprint density at radius 2 is 2.25 bits per heavy atom. The van der Waals surface area contributed by atoms with Crippen LogP contribution in [0.15, 0.2) is 12.4 Å². The van der Waals surface area contributed by atoms with Crippen molar-refractivity contribution in [2.24, 2.45) is 5.73 Å². The Morgan fingerprint density at radius 1 is 1.44 bits per heavy atom. The number of nitrogens with two attached hydrogens (primary N) is 1. The number of fused-ring (bicyclic) bond motifs is 1. The van der Waals surface area contributed by atoms with Crippen LogP contribution >= 0.6 is 0 Å². The largest absolute Gasteiger partial charge is 0.333 e. The van der Waals surface area contributed by atoms with Crippen LogP contribution in [0.1, 0.15) is 12.2 Å². The number of hydrogen-bond acceptors (Lipinski definition) is 4. The summed E-state index contributed by atoms with van der Waals surface area (Å²) < 4.78 is 27.3. The van der Waals surface area contributed by atoms with Gasteiger partial charge in [-0.25, -0.2) is 13.4 Å². The van der Waals surface area contributed by atoms with Gasteiger partial charge in [-0.3, -0.25) is 0 Å². The third kappa shape index (κ3) is 2.26. The average molecular weight is 244 g/mol. The van der Waals surface area contributed by atoms with Crippen LogP contribution in [-0.2, 0) is 23.1 Å². The lowest BCUT2D eigenvalue weighted by Gasteiger charge is -2.26. The van der Waals surface area contributed by atoms with Gasteiger partial charge in [0.25, 0.3) is 0 Å². The predicted octanol–water partition coefficient (Wildman–Crippen LogP) is -0.623. The first-order chi connectivity index (χ1) is 7.63. The number of aromatic nitrogens is 2. The molecule has 16 heavy (non-hydrogen) atoms. The zero-order chi connectivity index (χ0) is 11.6. The molecule has 1 aromatic rings. The molecular weight excluding hydrogens is 228 g/mol. The van der Waals surface area contributed by atoms with Crippen LogP contribution in [0.25, 0.3) is 0 Å². The van der Waals surface area contributed by atoms with Crippen molar-refractivity contribution >= 4 is 10.0 Å². The average Bonchev–Trinajstić information content (AvgIpc) is 2.73. The molecule has 0 saturated heterocycles. The highest BCUT2D eigenvalue weighted by Gasteiger charge is 2.26. The van der Waals surface area contributed by atoms with Gasteiger partial charge in [-0.2, -0.15) is 4.31 Å². The van der Waals surface area contributed by atoms with E-state index in [1.165, 1.54) is 4.31 Å². The molecule has 1 aromatic heterocycles. The molecule has 0 bridgehead atoms. The number of sulfonamides is 1. The fraction of sp³-hybridized carbons (Fsp3) is 0.667. The second kappa shape index (κ2) is 4.52. The minimum absolute atomic E-state index is 0.129. The highest BCUT2D eigenvalue weighted by atomic mass is 32.2. The standard InChI is InChI=1S/C9H16N4O2S/c10-2-1-7-16(14,15)13-6-5-12-4-3-11-9(12)8-13/h3-4H,1-2,5-8,10H2. The van der Waals surface area contributed by atoms with E-state index in [9.17, 15) is 8.42 Å². The summed E-state index contributed by atoms with van der Waals surface area (Å²) in [6.45, 7) is 1.98. The zero-order valence-corrected chi connectivity index (χ0v) is 9.86. The van der Waals surface area contributed by atoms with Gasteiger partial charge in [0.05, 0.1) is 12.3 Å². The van der Waals surface area contributed by atoms with E-state index in [0.29, 0.717) is 32.6 Å². The lowest BCUT2D eigenvalue weighted by molar-refractivity contribution is 0.335. The molecule has 0 amide bonds. The maximum atomic E-state index is 11.9. The van der Waals surface area contributed by atoms with Gasteiger partial charge in [-0.05, 0) is 13.0 Å². The Labute approximate surface area is 95.1 Å². The van der Waals surface area contributed by atoms with E-state index >= 15 is 0 Å². The minimum atomic E-state index is -3.17. The van der Waals surface area contributed by atoms with Crippen molar-refractivity contribution in [1.29, 1.82) is 0 Å². The summed E-state index contributed by atoms with van der Waals surface area (Å²) in [4.78, 5) is 4.13. The molecule has 2 N–H and O–H groups in total. The smallest absolute Gasteiger partial charge is 0.214 e. The summed E-state index contributed by atoms with van der Waals surface area (Å²) >= 11 is 0. The van der Waals surface area contributed by atoms with Crippen LogP contribution in [0.3, 0.4) is 0 Å². The van der Waals surface area contributed by atoms with E-state index in [2.05, 4.69) is 4.98 Å². The second-order valence-corrected chi connectivity index (χ2v) is 5.92. The van der Waals surface area contributed by atoms with E-state index in [0.717, 1.165) is 5.82 Å². The van der Waals surface area contributed by atoms with Gasteiger partial charge in [-0.1, -0.05) is 0 Å². The van der Waals surface area contributed by atoms with Crippen molar-refractivity contribution < 1.29 is 8.42 Å². The van der Waals surface area contributed by atoms with Gasteiger partial charge < -0.3 is 10.3 Å². The fourth-order valence-corrected chi connectivity index (χ4v) is 3.25. The van der Waals surface area contributed by atoms with Gasteiger partial charge in [0, 0.05) is 25.5 Å².